The van der Waals surface area contributed by atoms with Gasteiger partial charge in [-0.15, -0.1) is 0 Å². The number of carbonyl (C=O) groups is 3. The molecule has 3 amide bonds. The maximum absolute atomic E-state index is 13.8. The molecule has 1 saturated heterocycles. The summed E-state index contributed by atoms with van der Waals surface area (Å²) in [4.78, 5) is 69.4. The summed E-state index contributed by atoms with van der Waals surface area (Å²) in [6.45, 7) is -0.361. The van der Waals surface area contributed by atoms with Gasteiger partial charge in [0.05, 0.1) is 21.6 Å². The molecule has 41 heavy (non-hydrogen) atoms. The van der Waals surface area contributed by atoms with E-state index in [0.717, 1.165) is 28.0 Å². The van der Waals surface area contributed by atoms with Gasteiger partial charge in [-0.3, -0.25) is 38.8 Å². The number of non-ortho nitro benzene ring substituents is 1. The lowest BCUT2D eigenvalue weighted by molar-refractivity contribution is -0.384. The second-order valence-electron chi connectivity index (χ2n) is 9.29. The third kappa shape index (κ3) is 4.70. The van der Waals surface area contributed by atoms with Crippen LogP contribution in [0.3, 0.4) is 0 Å². The van der Waals surface area contributed by atoms with Crippen LogP contribution in [0.4, 0.5) is 21.5 Å². The van der Waals surface area contributed by atoms with Crippen molar-refractivity contribution >= 4 is 57.9 Å². The first-order valence-corrected chi connectivity index (χ1v) is 13.9. The zero-order valence-electron chi connectivity index (χ0n) is 20.8. The SMILES string of the molecule is O=C(Cn1c2c(sc1=O)[C@H](c1cccnc1)C1C(=O)N(c3ccc([N+](=O)[O-])cc3)C(=O)C1S2)Nc1ccc(F)cc1. The highest BCUT2D eigenvalue weighted by molar-refractivity contribution is 8.00. The van der Waals surface area contributed by atoms with Crippen molar-refractivity contribution in [3.63, 3.8) is 0 Å². The molecule has 1 fully saturated rings. The van der Waals surface area contributed by atoms with Gasteiger partial charge in [0.25, 0.3) is 5.69 Å². The summed E-state index contributed by atoms with van der Waals surface area (Å²) in [6.07, 6.45) is 3.14. The topological polar surface area (TPSA) is 145 Å². The number of benzene rings is 2. The molecule has 206 valence electrons. The number of nitrogens with one attached hydrogen (secondary N) is 1. The minimum absolute atomic E-state index is 0.182. The zero-order chi connectivity index (χ0) is 28.8. The molecule has 2 aliphatic rings. The minimum Gasteiger partial charge on any atom is -0.325 e. The van der Waals surface area contributed by atoms with E-state index in [-0.39, 0.29) is 17.9 Å². The van der Waals surface area contributed by atoms with Gasteiger partial charge in [-0.1, -0.05) is 29.2 Å². The summed E-state index contributed by atoms with van der Waals surface area (Å²) in [7, 11) is 0. The van der Waals surface area contributed by atoms with Gasteiger partial charge >= 0.3 is 4.87 Å². The number of imide groups is 1. The fraction of sp³-hybridized carbons (Fsp3) is 0.148. The van der Waals surface area contributed by atoms with E-state index in [9.17, 15) is 33.7 Å². The van der Waals surface area contributed by atoms with E-state index in [1.807, 2.05) is 0 Å². The van der Waals surface area contributed by atoms with E-state index >= 15 is 0 Å². The van der Waals surface area contributed by atoms with Crippen LogP contribution < -0.4 is 15.1 Å². The van der Waals surface area contributed by atoms with Crippen LogP contribution in [0.25, 0.3) is 0 Å². The predicted octanol–water partition coefficient (Wildman–Crippen LogP) is 3.79. The molecule has 2 aliphatic heterocycles. The average molecular weight is 592 g/mol. The largest absolute Gasteiger partial charge is 0.325 e. The van der Waals surface area contributed by atoms with Crippen LogP contribution in [-0.4, -0.2) is 37.4 Å². The maximum atomic E-state index is 13.8. The lowest BCUT2D eigenvalue weighted by atomic mass is 9.84. The standard InChI is InChI=1S/C27H18FN5O6S2/c28-15-3-5-16(6-4-15)30-19(34)13-31-26-23(41-27(31)37)20(14-2-1-11-29-12-14)21-22(40-26)25(36)32(24(21)35)17-7-9-18(10-8-17)33(38)39/h1-12,20-22H,13H2,(H,30,34)/t20-,21?,22?/m1/s1. The lowest BCUT2D eigenvalue weighted by Gasteiger charge is -2.30. The number of anilines is 2. The third-order valence-electron chi connectivity index (χ3n) is 6.84. The fourth-order valence-electron chi connectivity index (χ4n) is 5.03. The van der Waals surface area contributed by atoms with Gasteiger partial charge in [0.1, 0.15) is 17.6 Å². The Balaban J connectivity index is 1.38. The molecular formula is C27H18FN5O6S2. The zero-order valence-corrected chi connectivity index (χ0v) is 22.4. The molecule has 3 atom stereocenters. The first-order valence-electron chi connectivity index (χ1n) is 12.2. The van der Waals surface area contributed by atoms with Crippen molar-refractivity contribution in [1.82, 2.24) is 9.55 Å². The van der Waals surface area contributed by atoms with Crippen molar-refractivity contribution in [2.45, 2.75) is 22.7 Å². The van der Waals surface area contributed by atoms with E-state index in [1.54, 1.807) is 24.5 Å². The number of rotatable bonds is 6. The van der Waals surface area contributed by atoms with E-state index in [1.165, 1.54) is 53.1 Å². The first kappa shape index (κ1) is 26.5. The summed E-state index contributed by atoms with van der Waals surface area (Å²) < 4.78 is 14.5. The Hall–Kier alpha value is -4.69. The van der Waals surface area contributed by atoms with Gasteiger partial charge in [-0.05, 0) is 48.0 Å². The van der Waals surface area contributed by atoms with Crippen LogP contribution in [-0.2, 0) is 20.9 Å². The number of hydrogen-bond acceptors (Lipinski definition) is 9. The van der Waals surface area contributed by atoms with Crippen molar-refractivity contribution in [2.24, 2.45) is 5.92 Å². The second kappa shape index (κ2) is 10.4. The molecule has 0 aliphatic carbocycles. The molecule has 6 rings (SSSR count). The molecule has 0 bridgehead atoms. The smallest absolute Gasteiger partial charge is 0.308 e. The Kier molecular flexibility index (Phi) is 6.71. The Bertz CT molecular complexity index is 1760. The average Bonchev–Trinajstić information content (AvgIpc) is 3.40. The minimum atomic E-state index is -0.921. The van der Waals surface area contributed by atoms with Gasteiger partial charge in [0.2, 0.25) is 17.7 Å². The maximum Gasteiger partial charge on any atom is 0.308 e. The number of carbonyl (C=O) groups excluding carboxylic acids is 3. The summed E-state index contributed by atoms with van der Waals surface area (Å²) >= 11 is 1.94. The van der Waals surface area contributed by atoms with Crippen LogP contribution in [0.2, 0.25) is 0 Å². The monoisotopic (exact) mass is 591 g/mol. The molecule has 14 heteroatoms. The Morgan fingerprint density at radius 1 is 1.05 bits per heavy atom. The summed E-state index contributed by atoms with van der Waals surface area (Å²) in [5.74, 6) is -3.58. The van der Waals surface area contributed by atoms with Crippen molar-refractivity contribution in [3.8, 4) is 0 Å². The van der Waals surface area contributed by atoms with E-state index in [2.05, 4.69) is 10.3 Å². The van der Waals surface area contributed by atoms with Crippen LogP contribution in [0, 0.1) is 21.8 Å². The van der Waals surface area contributed by atoms with Crippen molar-refractivity contribution < 1.29 is 23.7 Å². The van der Waals surface area contributed by atoms with E-state index < -0.39 is 50.4 Å². The van der Waals surface area contributed by atoms with Crippen LogP contribution in [0.5, 0.6) is 0 Å². The number of thioether (sulfide) groups is 1. The molecular weight excluding hydrogens is 573 g/mol. The Labute approximate surface area is 238 Å². The predicted molar refractivity (Wildman–Crippen MR) is 148 cm³/mol. The molecule has 11 nitrogen and oxygen atoms in total. The molecule has 4 heterocycles. The highest BCUT2D eigenvalue weighted by Crippen LogP contribution is 2.53. The molecule has 0 spiro atoms. The van der Waals surface area contributed by atoms with Crippen molar-refractivity contribution in [1.29, 1.82) is 0 Å². The summed E-state index contributed by atoms with van der Waals surface area (Å²) in [6, 6.07) is 13.8. The fourth-order valence-corrected chi connectivity index (χ4v) is 7.80. The van der Waals surface area contributed by atoms with E-state index in [0.29, 0.717) is 21.2 Å². The number of amides is 3. The molecule has 2 aromatic carbocycles. The molecule has 2 aromatic heterocycles. The normalized spacial score (nSPS) is 19.5. The van der Waals surface area contributed by atoms with E-state index in [4.69, 9.17) is 0 Å². The number of nitro groups is 1. The number of nitrogens with zero attached hydrogens (tertiary/aromatic N) is 4. The highest BCUT2D eigenvalue weighted by Gasteiger charge is 2.57. The number of thiazole rings is 1. The number of aromatic nitrogens is 2. The van der Waals surface area contributed by atoms with Crippen LogP contribution >= 0.6 is 23.1 Å². The number of pyridine rings is 1. The summed E-state index contributed by atoms with van der Waals surface area (Å²) in [5, 5.41) is 13.2. The van der Waals surface area contributed by atoms with Gasteiger partial charge in [-0.25, -0.2) is 9.29 Å². The quantitative estimate of drug-likeness (QED) is 0.203. The van der Waals surface area contributed by atoms with Crippen molar-refractivity contribution in [2.75, 3.05) is 10.2 Å². The Morgan fingerprint density at radius 2 is 1.78 bits per heavy atom. The molecule has 0 saturated carbocycles. The van der Waals surface area contributed by atoms with Crippen molar-refractivity contribution in [3.05, 3.63) is 109 Å². The van der Waals surface area contributed by atoms with Gasteiger partial charge in [0.15, 0.2) is 0 Å². The molecule has 1 N–H and O–H groups in total. The van der Waals surface area contributed by atoms with Crippen LogP contribution in [0.1, 0.15) is 16.4 Å². The molecule has 4 aromatic rings. The number of nitro benzene ring substituents is 1. The summed E-state index contributed by atoms with van der Waals surface area (Å²) in [5.41, 5.74) is 0.993. The second-order valence-corrected chi connectivity index (χ2v) is 11.4. The third-order valence-corrected chi connectivity index (χ3v) is 9.44. The number of hydrogen-bond donors (Lipinski definition) is 1. The highest BCUT2D eigenvalue weighted by atomic mass is 32.2. The first-order chi connectivity index (χ1) is 19.7. The number of halogens is 1. The number of fused-ring (bicyclic) bond motifs is 2. The lowest BCUT2D eigenvalue weighted by Crippen LogP contribution is -2.33. The van der Waals surface area contributed by atoms with Crippen LogP contribution in [0.15, 0.2) is 82.9 Å². The molecule has 0 radical (unpaired) electrons. The van der Waals surface area contributed by atoms with Gasteiger partial charge < -0.3 is 5.32 Å². The molecule has 2 unspecified atom stereocenters. The van der Waals surface area contributed by atoms with Gasteiger partial charge in [0, 0.05) is 41.0 Å². The van der Waals surface area contributed by atoms with Gasteiger partial charge in [-0.2, -0.15) is 0 Å². The Morgan fingerprint density at radius 3 is 2.44 bits per heavy atom.